The first-order chi connectivity index (χ1) is 9.56. The lowest BCUT2D eigenvalue weighted by molar-refractivity contribution is 0.102. The Morgan fingerprint density at radius 1 is 1.20 bits per heavy atom. The van der Waals surface area contributed by atoms with E-state index in [1.165, 1.54) is 18.2 Å². The predicted molar refractivity (Wildman–Crippen MR) is 76.0 cm³/mol. The molecule has 4 nitrogen and oxygen atoms in total. The van der Waals surface area contributed by atoms with Crippen molar-refractivity contribution in [2.24, 2.45) is 0 Å². The van der Waals surface area contributed by atoms with Crippen LogP contribution in [0.5, 0.6) is 0 Å². The van der Waals surface area contributed by atoms with Crippen LogP contribution < -0.4 is 5.32 Å². The average Bonchev–Trinajstić information content (AvgIpc) is 2.40. The number of aromatic nitrogens is 1. The number of rotatable bonds is 4. The fourth-order valence-electron chi connectivity index (χ4n) is 1.84. The SMILES string of the molecule is CN(C)Cc1ccccc1NC(=O)c1cccc(F)n1. The van der Waals surface area contributed by atoms with Crippen molar-refractivity contribution in [2.45, 2.75) is 6.54 Å². The van der Waals surface area contributed by atoms with Crippen molar-refractivity contribution in [1.82, 2.24) is 9.88 Å². The van der Waals surface area contributed by atoms with Gasteiger partial charge in [-0.3, -0.25) is 4.79 Å². The Morgan fingerprint density at radius 2 is 1.95 bits per heavy atom. The molecule has 0 saturated heterocycles. The number of para-hydroxylation sites is 1. The number of carbonyl (C=O) groups is 1. The minimum Gasteiger partial charge on any atom is -0.320 e. The van der Waals surface area contributed by atoms with E-state index in [1.54, 1.807) is 0 Å². The maximum absolute atomic E-state index is 13.0. The molecule has 2 rings (SSSR count). The molecule has 1 amide bonds. The molecule has 0 bridgehead atoms. The Balaban J connectivity index is 2.19. The van der Waals surface area contributed by atoms with Gasteiger partial charge in [-0.05, 0) is 37.9 Å². The van der Waals surface area contributed by atoms with Gasteiger partial charge in [0.2, 0.25) is 5.95 Å². The summed E-state index contributed by atoms with van der Waals surface area (Å²) in [5.41, 5.74) is 1.75. The van der Waals surface area contributed by atoms with Crippen molar-refractivity contribution in [1.29, 1.82) is 0 Å². The number of benzene rings is 1. The predicted octanol–water partition coefficient (Wildman–Crippen LogP) is 2.53. The summed E-state index contributed by atoms with van der Waals surface area (Å²) in [5.74, 6) is -1.09. The van der Waals surface area contributed by atoms with E-state index in [0.29, 0.717) is 12.2 Å². The normalized spacial score (nSPS) is 10.6. The van der Waals surface area contributed by atoms with Gasteiger partial charge in [-0.25, -0.2) is 4.98 Å². The van der Waals surface area contributed by atoms with Crippen LogP contribution in [0, 0.1) is 5.95 Å². The van der Waals surface area contributed by atoms with Crippen LogP contribution in [0.4, 0.5) is 10.1 Å². The van der Waals surface area contributed by atoms with Crippen LogP contribution in [0.1, 0.15) is 16.1 Å². The van der Waals surface area contributed by atoms with E-state index >= 15 is 0 Å². The van der Waals surface area contributed by atoms with E-state index in [0.717, 1.165) is 5.56 Å². The summed E-state index contributed by atoms with van der Waals surface area (Å²) in [7, 11) is 3.90. The molecule has 5 heteroatoms. The Morgan fingerprint density at radius 3 is 2.65 bits per heavy atom. The Bertz CT molecular complexity index is 614. The molecule has 2 aromatic rings. The lowest BCUT2D eigenvalue weighted by atomic mass is 10.1. The van der Waals surface area contributed by atoms with E-state index in [4.69, 9.17) is 0 Å². The van der Waals surface area contributed by atoms with Crippen molar-refractivity contribution in [3.63, 3.8) is 0 Å². The van der Waals surface area contributed by atoms with Crippen LogP contribution >= 0.6 is 0 Å². The maximum Gasteiger partial charge on any atom is 0.274 e. The monoisotopic (exact) mass is 273 g/mol. The number of nitrogens with one attached hydrogen (secondary N) is 1. The van der Waals surface area contributed by atoms with Gasteiger partial charge in [-0.2, -0.15) is 4.39 Å². The Kier molecular flexibility index (Phi) is 4.42. The van der Waals surface area contributed by atoms with E-state index in [1.807, 2.05) is 43.3 Å². The number of anilines is 1. The number of nitrogens with zero attached hydrogens (tertiary/aromatic N) is 2. The Labute approximate surface area is 117 Å². The number of halogens is 1. The molecule has 20 heavy (non-hydrogen) atoms. The molecular formula is C15H16FN3O. The fraction of sp³-hybridized carbons (Fsp3) is 0.200. The third-order valence-electron chi connectivity index (χ3n) is 2.70. The molecular weight excluding hydrogens is 257 g/mol. The lowest BCUT2D eigenvalue weighted by Crippen LogP contribution is -2.17. The summed E-state index contributed by atoms with van der Waals surface area (Å²) in [6, 6.07) is 11.7. The molecule has 0 spiro atoms. The number of hydrogen-bond donors (Lipinski definition) is 1. The van der Waals surface area contributed by atoms with Crippen LogP contribution in [0.2, 0.25) is 0 Å². The van der Waals surface area contributed by atoms with Gasteiger partial charge in [0.1, 0.15) is 5.69 Å². The molecule has 1 N–H and O–H groups in total. The highest BCUT2D eigenvalue weighted by Crippen LogP contribution is 2.17. The minimum atomic E-state index is -0.667. The summed E-state index contributed by atoms with van der Waals surface area (Å²) in [5, 5.41) is 2.76. The molecule has 1 aromatic carbocycles. The molecule has 0 saturated carbocycles. The third-order valence-corrected chi connectivity index (χ3v) is 2.70. The first-order valence-corrected chi connectivity index (χ1v) is 6.23. The summed E-state index contributed by atoms with van der Waals surface area (Å²) in [6.45, 7) is 0.701. The molecule has 1 heterocycles. The van der Waals surface area contributed by atoms with Crippen LogP contribution in [0.3, 0.4) is 0 Å². The van der Waals surface area contributed by atoms with Gasteiger partial charge in [0.25, 0.3) is 5.91 Å². The second kappa shape index (κ2) is 6.25. The van der Waals surface area contributed by atoms with Gasteiger partial charge >= 0.3 is 0 Å². The maximum atomic E-state index is 13.0. The fourth-order valence-corrected chi connectivity index (χ4v) is 1.84. The summed E-state index contributed by atoms with van der Waals surface area (Å²) >= 11 is 0. The standard InChI is InChI=1S/C15H16FN3O/c1-19(2)10-11-6-3-4-7-12(11)18-15(20)13-8-5-9-14(16)17-13/h3-9H,10H2,1-2H3,(H,18,20). The molecule has 0 radical (unpaired) electrons. The highest BCUT2D eigenvalue weighted by Gasteiger charge is 2.11. The zero-order valence-corrected chi connectivity index (χ0v) is 11.4. The van der Waals surface area contributed by atoms with Crippen molar-refractivity contribution in [3.8, 4) is 0 Å². The zero-order valence-electron chi connectivity index (χ0n) is 11.4. The third kappa shape index (κ3) is 3.61. The molecule has 0 aliphatic carbocycles. The van der Waals surface area contributed by atoms with Gasteiger partial charge in [0.15, 0.2) is 0 Å². The van der Waals surface area contributed by atoms with Gasteiger partial charge in [-0.1, -0.05) is 24.3 Å². The minimum absolute atomic E-state index is 0.0599. The van der Waals surface area contributed by atoms with Crippen molar-refractivity contribution >= 4 is 11.6 Å². The van der Waals surface area contributed by atoms with Crippen molar-refractivity contribution in [2.75, 3.05) is 19.4 Å². The number of amides is 1. The summed E-state index contributed by atoms with van der Waals surface area (Å²) < 4.78 is 13.0. The molecule has 0 fully saturated rings. The van der Waals surface area contributed by atoms with Crippen LogP contribution in [0.15, 0.2) is 42.5 Å². The van der Waals surface area contributed by atoms with Gasteiger partial charge in [0, 0.05) is 12.2 Å². The van der Waals surface area contributed by atoms with E-state index in [-0.39, 0.29) is 5.69 Å². The smallest absolute Gasteiger partial charge is 0.274 e. The average molecular weight is 273 g/mol. The van der Waals surface area contributed by atoms with E-state index < -0.39 is 11.9 Å². The second-order valence-corrected chi connectivity index (χ2v) is 4.69. The van der Waals surface area contributed by atoms with Gasteiger partial charge in [-0.15, -0.1) is 0 Å². The quantitative estimate of drug-likeness (QED) is 0.871. The first-order valence-electron chi connectivity index (χ1n) is 6.23. The Hall–Kier alpha value is -2.27. The van der Waals surface area contributed by atoms with Gasteiger partial charge in [0.05, 0.1) is 0 Å². The molecule has 0 aliphatic heterocycles. The molecule has 104 valence electrons. The topological polar surface area (TPSA) is 45.2 Å². The van der Waals surface area contributed by atoms with Crippen LogP contribution in [-0.2, 0) is 6.54 Å². The number of carbonyl (C=O) groups excluding carboxylic acids is 1. The molecule has 0 unspecified atom stereocenters. The lowest BCUT2D eigenvalue weighted by Gasteiger charge is -2.14. The first kappa shape index (κ1) is 14.1. The van der Waals surface area contributed by atoms with Crippen LogP contribution in [0.25, 0.3) is 0 Å². The molecule has 0 atom stereocenters. The van der Waals surface area contributed by atoms with Gasteiger partial charge < -0.3 is 10.2 Å². The second-order valence-electron chi connectivity index (χ2n) is 4.69. The number of pyridine rings is 1. The highest BCUT2D eigenvalue weighted by molar-refractivity contribution is 6.03. The van der Waals surface area contributed by atoms with Crippen molar-refractivity contribution in [3.05, 3.63) is 59.7 Å². The van der Waals surface area contributed by atoms with Crippen molar-refractivity contribution < 1.29 is 9.18 Å². The van der Waals surface area contributed by atoms with E-state index in [9.17, 15) is 9.18 Å². The molecule has 1 aromatic heterocycles. The summed E-state index contributed by atoms with van der Waals surface area (Å²) in [4.78, 5) is 17.6. The number of hydrogen-bond acceptors (Lipinski definition) is 3. The molecule has 0 aliphatic rings. The summed E-state index contributed by atoms with van der Waals surface area (Å²) in [6.07, 6.45) is 0. The van der Waals surface area contributed by atoms with Crippen LogP contribution in [-0.4, -0.2) is 29.9 Å². The zero-order chi connectivity index (χ0) is 14.5. The highest BCUT2D eigenvalue weighted by atomic mass is 19.1. The van der Waals surface area contributed by atoms with E-state index in [2.05, 4.69) is 10.3 Å². The largest absolute Gasteiger partial charge is 0.320 e.